The van der Waals surface area contributed by atoms with Gasteiger partial charge in [-0.25, -0.2) is 0 Å². The normalized spacial score (nSPS) is 13.5. The van der Waals surface area contributed by atoms with Gasteiger partial charge in [0.25, 0.3) is 0 Å². The lowest BCUT2D eigenvalue weighted by Gasteiger charge is -2.27. The summed E-state index contributed by atoms with van der Waals surface area (Å²) in [4.78, 5) is 12.3. The van der Waals surface area contributed by atoms with Crippen molar-refractivity contribution in [2.75, 3.05) is 7.11 Å². The average Bonchev–Trinajstić information content (AvgIpc) is 2.51. The van der Waals surface area contributed by atoms with Crippen LogP contribution in [0.3, 0.4) is 0 Å². The molecule has 0 saturated heterocycles. The fraction of sp³-hybridized carbons (Fsp3) is 0.235. The summed E-state index contributed by atoms with van der Waals surface area (Å²) >= 11 is 8.28. The predicted molar refractivity (Wildman–Crippen MR) is 97.0 cm³/mol. The predicted octanol–water partition coefficient (Wildman–Crippen LogP) is 3.60. The molecule has 0 spiro atoms. The number of rotatable bonds is 5. The van der Waals surface area contributed by atoms with Gasteiger partial charge in [-0.1, -0.05) is 41.9 Å². The zero-order valence-corrected chi connectivity index (χ0v) is 15.1. The first-order valence-electron chi connectivity index (χ1n) is 6.80. The fourth-order valence-electron chi connectivity index (χ4n) is 2.39. The molecule has 0 unspecified atom stereocenters. The van der Waals surface area contributed by atoms with Gasteiger partial charge < -0.3 is 10.5 Å². The van der Waals surface area contributed by atoms with E-state index in [4.69, 9.17) is 22.1 Å². The highest BCUT2D eigenvalue weighted by Crippen LogP contribution is 2.24. The summed E-state index contributed by atoms with van der Waals surface area (Å²) in [5.41, 5.74) is 7.22. The van der Waals surface area contributed by atoms with E-state index in [0.29, 0.717) is 17.9 Å². The van der Waals surface area contributed by atoms with Crippen LogP contribution in [0.25, 0.3) is 0 Å². The monoisotopic (exact) mass is 429 g/mol. The second-order valence-electron chi connectivity index (χ2n) is 5.22. The van der Waals surface area contributed by atoms with Gasteiger partial charge >= 0.3 is 5.97 Å². The summed E-state index contributed by atoms with van der Waals surface area (Å²) < 4.78 is 5.95. The van der Waals surface area contributed by atoms with Crippen LogP contribution in [0.5, 0.6) is 0 Å². The first kappa shape index (κ1) is 17.2. The number of methoxy groups -OCH3 is 1. The van der Waals surface area contributed by atoms with Crippen molar-refractivity contribution in [2.45, 2.75) is 18.4 Å². The Hall–Kier alpha value is -1.11. The van der Waals surface area contributed by atoms with Crippen molar-refractivity contribution in [1.82, 2.24) is 0 Å². The minimum Gasteiger partial charge on any atom is -0.468 e. The number of hydrogen-bond donors (Lipinski definition) is 1. The molecule has 0 aliphatic heterocycles. The van der Waals surface area contributed by atoms with Crippen molar-refractivity contribution in [3.05, 3.63) is 68.3 Å². The number of carbonyl (C=O) groups is 1. The zero-order chi connectivity index (χ0) is 16.2. The first-order chi connectivity index (χ1) is 10.4. The first-order valence-corrected chi connectivity index (χ1v) is 8.25. The topological polar surface area (TPSA) is 52.3 Å². The molecule has 22 heavy (non-hydrogen) atoms. The second kappa shape index (κ2) is 7.44. The molecular weight excluding hydrogens is 413 g/mol. The van der Waals surface area contributed by atoms with E-state index in [0.717, 1.165) is 14.7 Å². The van der Waals surface area contributed by atoms with Gasteiger partial charge in [0, 0.05) is 21.4 Å². The molecule has 0 bridgehead atoms. The molecule has 2 N–H and O–H groups in total. The van der Waals surface area contributed by atoms with Gasteiger partial charge in [-0.3, -0.25) is 4.79 Å². The van der Waals surface area contributed by atoms with E-state index in [1.807, 2.05) is 48.5 Å². The fourth-order valence-corrected chi connectivity index (χ4v) is 3.11. The Morgan fingerprint density at radius 3 is 2.55 bits per heavy atom. The molecular formula is C17H17ClINO2. The number of halogens is 2. The molecule has 5 heteroatoms. The summed E-state index contributed by atoms with van der Waals surface area (Å²) in [5.74, 6) is -0.424. The van der Waals surface area contributed by atoms with Crippen LogP contribution in [0.1, 0.15) is 11.1 Å². The molecule has 2 aromatic carbocycles. The maximum Gasteiger partial charge on any atom is 0.326 e. The molecule has 0 saturated carbocycles. The Bertz CT molecular complexity index is 663. The third kappa shape index (κ3) is 4.21. The van der Waals surface area contributed by atoms with Crippen LogP contribution in [0.2, 0.25) is 5.02 Å². The van der Waals surface area contributed by atoms with E-state index >= 15 is 0 Å². The maximum absolute atomic E-state index is 12.3. The van der Waals surface area contributed by atoms with Crippen LogP contribution in [0.15, 0.2) is 48.5 Å². The average molecular weight is 430 g/mol. The van der Waals surface area contributed by atoms with Gasteiger partial charge in [-0.2, -0.15) is 0 Å². The Kier molecular flexibility index (Phi) is 5.83. The smallest absolute Gasteiger partial charge is 0.326 e. The van der Waals surface area contributed by atoms with E-state index < -0.39 is 11.5 Å². The molecule has 1 atom stereocenters. The highest BCUT2D eigenvalue weighted by molar-refractivity contribution is 14.1. The largest absolute Gasteiger partial charge is 0.468 e. The number of nitrogens with two attached hydrogens (primary N) is 1. The number of carbonyl (C=O) groups excluding carboxylic acids is 1. The minimum absolute atomic E-state index is 0.368. The van der Waals surface area contributed by atoms with E-state index in [1.54, 1.807) is 0 Å². The summed E-state index contributed by atoms with van der Waals surface area (Å²) in [5, 5.41) is 0.627. The highest BCUT2D eigenvalue weighted by atomic mass is 127. The van der Waals surface area contributed by atoms with Gasteiger partial charge in [0.15, 0.2) is 0 Å². The molecule has 0 radical (unpaired) electrons. The SMILES string of the molecule is COC(=O)[C@](N)(Cc1ccccc1)Cc1cc(Cl)ccc1I. The van der Waals surface area contributed by atoms with Crippen molar-refractivity contribution >= 4 is 40.2 Å². The van der Waals surface area contributed by atoms with Gasteiger partial charge in [0.2, 0.25) is 0 Å². The van der Waals surface area contributed by atoms with E-state index in [2.05, 4.69) is 22.6 Å². The summed E-state index contributed by atoms with van der Waals surface area (Å²) in [6, 6.07) is 15.3. The summed E-state index contributed by atoms with van der Waals surface area (Å²) in [6.07, 6.45) is 0.774. The number of esters is 1. The number of ether oxygens (including phenoxy) is 1. The van der Waals surface area contributed by atoms with Gasteiger partial charge in [-0.15, -0.1) is 0 Å². The molecule has 0 heterocycles. The van der Waals surface area contributed by atoms with Crippen molar-refractivity contribution in [1.29, 1.82) is 0 Å². The Balaban J connectivity index is 2.33. The van der Waals surface area contributed by atoms with Crippen LogP contribution in [0.4, 0.5) is 0 Å². The standard InChI is InChI=1S/C17H17ClINO2/c1-22-16(21)17(20,10-12-5-3-2-4-6-12)11-13-9-14(18)7-8-15(13)19/h2-9H,10-11,20H2,1H3/t17-/m0/s1. The Morgan fingerprint density at radius 1 is 1.23 bits per heavy atom. The highest BCUT2D eigenvalue weighted by Gasteiger charge is 2.36. The molecule has 116 valence electrons. The third-order valence-electron chi connectivity index (χ3n) is 3.47. The molecule has 0 aliphatic rings. The molecule has 2 rings (SSSR count). The summed E-state index contributed by atoms with van der Waals surface area (Å²) in [6.45, 7) is 0. The Morgan fingerprint density at radius 2 is 1.91 bits per heavy atom. The van der Waals surface area contributed by atoms with Crippen molar-refractivity contribution < 1.29 is 9.53 Å². The maximum atomic E-state index is 12.3. The van der Waals surface area contributed by atoms with E-state index in [1.165, 1.54) is 7.11 Å². The van der Waals surface area contributed by atoms with Crippen LogP contribution in [-0.4, -0.2) is 18.6 Å². The molecule has 2 aromatic rings. The minimum atomic E-state index is -1.12. The van der Waals surface area contributed by atoms with E-state index in [-0.39, 0.29) is 0 Å². The summed E-state index contributed by atoms with van der Waals surface area (Å²) in [7, 11) is 1.36. The zero-order valence-electron chi connectivity index (χ0n) is 12.2. The van der Waals surface area contributed by atoms with E-state index in [9.17, 15) is 4.79 Å². The third-order valence-corrected chi connectivity index (χ3v) is 4.76. The van der Waals surface area contributed by atoms with Crippen molar-refractivity contribution in [2.24, 2.45) is 5.73 Å². The quantitative estimate of drug-likeness (QED) is 0.584. The number of benzene rings is 2. The lowest BCUT2D eigenvalue weighted by molar-refractivity contribution is -0.147. The molecule has 0 fully saturated rings. The Labute approximate surface area is 148 Å². The van der Waals surface area contributed by atoms with Crippen LogP contribution < -0.4 is 5.73 Å². The van der Waals surface area contributed by atoms with Crippen LogP contribution >= 0.6 is 34.2 Å². The number of hydrogen-bond acceptors (Lipinski definition) is 3. The van der Waals surface area contributed by atoms with Gasteiger partial charge in [0.1, 0.15) is 5.54 Å². The molecule has 0 aliphatic carbocycles. The molecule has 3 nitrogen and oxygen atoms in total. The van der Waals surface area contributed by atoms with Gasteiger partial charge in [-0.05, 0) is 51.9 Å². The lowest BCUT2D eigenvalue weighted by atomic mass is 9.85. The lowest BCUT2D eigenvalue weighted by Crippen LogP contribution is -2.52. The van der Waals surface area contributed by atoms with Crippen LogP contribution in [0, 0.1) is 3.57 Å². The van der Waals surface area contributed by atoms with Crippen LogP contribution in [-0.2, 0) is 22.4 Å². The second-order valence-corrected chi connectivity index (χ2v) is 6.82. The van der Waals surface area contributed by atoms with Gasteiger partial charge in [0.05, 0.1) is 7.11 Å². The molecule has 0 amide bonds. The molecule has 0 aromatic heterocycles. The van der Waals surface area contributed by atoms with Crippen molar-refractivity contribution in [3.8, 4) is 0 Å². The van der Waals surface area contributed by atoms with Crippen molar-refractivity contribution in [3.63, 3.8) is 0 Å².